The van der Waals surface area contributed by atoms with Gasteiger partial charge in [-0.1, -0.05) is 0 Å². The summed E-state index contributed by atoms with van der Waals surface area (Å²) in [6, 6.07) is 4.13. The maximum absolute atomic E-state index is 13.5. The molecule has 1 N–H and O–H groups in total. The van der Waals surface area contributed by atoms with Crippen molar-refractivity contribution in [1.29, 1.82) is 5.26 Å². The maximum atomic E-state index is 13.5. The molecular weight excluding hydrogens is 277 g/mol. The molecule has 0 spiro atoms. The van der Waals surface area contributed by atoms with Crippen LogP contribution in [0.1, 0.15) is 12.8 Å². The van der Waals surface area contributed by atoms with Crippen LogP contribution < -0.4 is 4.72 Å². The van der Waals surface area contributed by atoms with Crippen LogP contribution in [0.3, 0.4) is 0 Å². The Morgan fingerprint density at radius 1 is 1.47 bits per heavy atom. The average Bonchev–Trinajstić information content (AvgIpc) is 2.34. The van der Waals surface area contributed by atoms with Gasteiger partial charge in [-0.25, -0.2) is 17.5 Å². The smallest absolute Gasteiger partial charge is 0.258 e. The Labute approximate surface area is 108 Å². The molecule has 0 fully saturated rings. The third kappa shape index (κ3) is 3.97. The molecular formula is C10H10FN3O4S. The average molecular weight is 287 g/mol. The SMILES string of the molecule is N#CCCCNS(=O)(=O)c1ccc([N+](=O)[O-])cc1F. The lowest BCUT2D eigenvalue weighted by molar-refractivity contribution is -0.385. The number of nitrogens with zero attached hydrogens (tertiary/aromatic N) is 2. The molecule has 0 aliphatic heterocycles. The number of hydrogen-bond acceptors (Lipinski definition) is 5. The highest BCUT2D eigenvalue weighted by molar-refractivity contribution is 7.89. The Hall–Kier alpha value is -2.05. The summed E-state index contributed by atoms with van der Waals surface area (Å²) in [4.78, 5) is 8.92. The van der Waals surface area contributed by atoms with Gasteiger partial charge in [0.05, 0.1) is 17.1 Å². The second-order valence-electron chi connectivity index (χ2n) is 3.53. The number of nitriles is 1. The van der Waals surface area contributed by atoms with Crippen LogP contribution in [0.25, 0.3) is 0 Å². The van der Waals surface area contributed by atoms with E-state index in [-0.39, 0.29) is 13.0 Å². The van der Waals surface area contributed by atoms with Crippen molar-refractivity contribution in [3.8, 4) is 6.07 Å². The summed E-state index contributed by atoms with van der Waals surface area (Å²) in [5.41, 5.74) is -0.527. The van der Waals surface area contributed by atoms with E-state index in [1.165, 1.54) is 0 Å². The summed E-state index contributed by atoms with van der Waals surface area (Å²) < 4.78 is 39.0. The number of unbranched alkanes of at least 4 members (excludes halogenated alkanes) is 1. The highest BCUT2D eigenvalue weighted by Crippen LogP contribution is 2.20. The summed E-state index contributed by atoms with van der Waals surface area (Å²) in [6.07, 6.45) is 0.468. The predicted octanol–water partition coefficient (Wildman–Crippen LogP) is 1.32. The fourth-order valence-electron chi connectivity index (χ4n) is 1.27. The summed E-state index contributed by atoms with van der Waals surface area (Å²) >= 11 is 0. The monoisotopic (exact) mass is 287 g/mol. The number of nitrogens with one attached hydrogen (secondary N) is 1. The zero-order chi connectivity index (χ0) is 14.5. The minimum absolute atomic E-state index is 0.00762. The van der Waals surface area contributed by atoms with Crippen LogP contribution in [0.4, 0.5) is 10.1 Å². The number of rotatable bonds is 6. The number of non-ortho nitro benzene ring substituents is 1. The number of nitro groups is 1. The summed E-state index contributed by atoms with van der Waals surface area (Å²) in [5, 5.41) is 18.7. The Kier molecular flexibility index (Phi) is 4.91. The fourth-order valence-corrected chi connectivity index (χ4v) is 2.40. The number of sulfonamides is 1. The Balaban J connectivity index is 2.90. The van der Waals surface area contributed by atoms with Crippen molar-refractivity contribution in [3.05, 3.63) is 34.1 Å². The van der Waals surface area contributed by atoms with Gasteiger partial charge in [-0.15, -0.1) is 0 Å². The van der Waals surface area contributed by atoms with Gasteiger partial charge < -0.3 is 0 Å². The van der Waals surface area contributed by atoms with Crippen molar-refractivity contribution in [3.63, 3.8) is 0 Å². The predicted molar refractivity (Wildman–Crippen MR) is 63.1 cm³/mol. The summed E-state index contributed by atoms with van der Waals surface area (Å²) in [6.45, 7) is -0.00762. The first kappa shape index (κ1) is 15.0. The van der Waals surface area contributed by atoms with E-state index in [9.17, 15) is 22.9 Å². The second kappa shape index (κ2) is 6.21. The molecule has 0 amide bonds. The third-order valence-corrected chi connectivity index (χ3v) is 3.67. The van der Waals surface area contributed by atoms with E-state index in [0.29, 0.717) is 12.5 Å². The van der Waals surface area contributed by atoms with Crippen molar-refractivity contribution in [2.75, 3.05) is 6.54 Å². The van der Waals surface area contributed by atoms with Crippen LogP contribution in [-0.4, -0.2) is 19.9 Å². The number of hydrogen-bond donors (Lipinski definition) is 1. The van der Waals surface area contributed by atoms with Crippen molar-refractivity contribution in [2.24, 2.45) is 0 Å². The van der Waals surface area contributed by atoms with Crippen LogP contribution in [-0.2, 0) is 10.0 Å². The van der Waals surface area contributed by atoms with E-state index in [1.807, 2.05) is 6.07 Å². The number of halogens is 1. The van der Waals surface area contributed by atoms with Gasteiger partial charge in [0, 0.05) is 19.0 Å². The summed E-state index contributed by atoms with van der Waals surface area (Å²) in [5.74, 6) is -1.19. The quantitative estimate of drug-likeness (QED) is 0.481. The zero-order valence-corrected chi connectivity index (χ0v) is 10.5. The van der Waals surface area contributed by atoms with E-state index < -0.39 is 31.3 Å². The molecule has 0 atom stereocenters. The van der Waals surface area contributed by atoms with Crippen molar-refractivity contribution >= 4 is 15.7 Å². The number of nitro benzene ring substituents is 1. The van der Waals surface area contributed by atoms with Crippen LogP contribution in [0, 0.1) is 27.3 Å². The van der Waals surface area contributed by atoms with Crippen LogP contribution >= 0.6 is 0 Å². The first-order valence-electron chi connectivity index (χ1n) is 5.19. The molecule has 0 saturated heterocycles. The lowest BCUT2D eigenvalue weighted by atomic mass is 10.3. The molecule has 0 unspecified atom stereocenters. The Bertz CT molecular complexity index is 624. The lowest BCUT2D eigenvalue weighted by Crippen LogP contribution is -2.25. The Morgan fingerprint density at radius 3 is 2.68 bits per heavy atom. The molecule has 102 valence electrons. The van der Waals surface area contributed by atoms with E-state index in [0.717, 1.165) is 12.1 Å². The van der Waals surface area contributed by atoms with Crippen molar-refractivity contribution in [2.45, 2.75) is 17.7 Å². The molecule has 9 heteroatoms. The van der Waals surface area contributed by atoms with Gasteiger partial charge in [-0.2, -0.15) is 5.26 Å². The van der Waals surface area contributed by atoms with E-state index in [2.05, 4.69) is 4.72 Å². The maximum Gasteiger partial charge on any atom is 0.272 e. The van der Waals surface area contributed by atoms with Gasteiger partial charge in [0.1, 0.15) is 10.7 Å². The van der Waals surface area contributed by atoms with Crippen molar-refractivity contribution < 1.29 is 17.7 Å². The fraction of sp³-hybridized carbons (Fsp3) is 0.300. The minimum Gasteiger partial charge on any atom is -0.258 e. The second-order valence-corrected chi connectivity index (χ2v) is 5.27. The van der Waals surface area contributed by atoms with E-state index >= 15 is 0 Å². The van der Waals surface area contributed by atoms with Gasteiger partial charge in [0.15, 0.2) is 0 Å². The lowest BCUT2D eigenvalue weighted by Gasteiger charge is -2.06. The molecule has 1 rings (SSSR count). The molecule has 1 aromatic carbocycles. The van der Waals surface area contributed by atoms with E-state index in [1.54, 1.807) is 0 Å². The first-order valence-corrected chi connectivity index (χ1v) is 6.67. The first-order chi connectivity index (χ1) is 8.88. The van der Waals surface area contributed by atoms with Gasteiger partial charge in [0.25, 0.3) is 5.69 Å². The molecule has 0 heterocycles. The highest BCUT2D eigenvalue weighted by Gasteiger charge is 2.21. The van der Waals surface area contributed by atoms with Crippen LogP contribution in [0.5, 0.6) is 0 Å². The zero-order valence-electron chi connectivity index (χ0n) is 9.67. The largest absolute Gasteiger partial charge is 0.272 e. The molecule has 7 nitrogen and oxygen atoms in total. The molecule has 0 aromatic heterocycles. The topological polar surface area (TPSA) is 113 Å². The molecule has 19 heavy (non-hydrogen) atoms. The number of benzene rings is 1. The van der Waals surface area contributed by atoms with Crippen LogP contribution in [0.2, 0.25) is 0 Å². The minimum atomic E-state index is -4.07. The standard InChI is InChI=1S/C10H10FN3O4S/c11-9-7-8(14(15)16)3-4-10(9)19(17,18)13-6-2-1-5-12/h3-4,7,13H,1-2,6H2. The highest BCUT2D eigenvalue weighted by atomic mass is 32.2. The molecule has 1 aromatic rings. The van der Waals surface area contributed by atoms with Gasteiger partial charge in [0.2, 0.25) is 10.0 Å². The third-order valence-electron chi connectivity index (χ3n) is 2.17. The molecule has 0 aliphatic carbocycles. The van der Waals surface area contributed by atoms with Gasteiger partial charge in [-0.3, -0.25) is 10.1 Å². The molecule has 0 bridgehead atoms. The van der Waals surface area contributed by atoms with Crippen molar-refractivity contribution in [1.82, 2.24) is 4.72 Å². The molecule has 0 aliphatic rings. The Morgan fingerprint density at radius 2 is 2.16 bits per heavy atom. The van der Waals surface area contributed by atoms with Crippen LogP contribution in [0.15, 0.2) is 23.1 Å². The molecule has 0 saturated carbocycles. The normalized spacial score (nSPS) is 10.9. The molecule has 0 radical (unpaired) electrons. The van der Waals surface area contributed by atoms with Gasteiger partial charge in [-0.05, 0) is 12.5 Å². The van der Waals surface area contributed by atoms with Gasteiger partial charge >= 0.3 is 0 Å². The summed E-state index contributed by atoms with van der Waals surface area (Å²) in [7, 11) is -4.07. The van der Waals surface area contributed by atoms with E-state index in [4.69, 9.17) is 5.26 Å².